The Hall–Kier alpha value is -1.34. The highest BCUT2D eigenvalue weighted by atomic mass is 79.9. The lowest BCUT2D eigenvalue weighted by molar-refractivity contribution is -0.0395. The second kappa shape index (κ2) is 6.88. The van der Waals surface area contributed by atoms with Crippen LogP contribution in [0.4, 0.5) is 5.69 Å². The fourth-order valence-corrected chi connectivity index (χ4v) is 4.08. The predicted molar refractivity (Wildman–Crippen MR) is 97.0 cm³/mol. The molecule has 5 nitrogen and oxygen atoms in total. The number of nitrogens with zero attached hydrogens (tertiary/aromatic N) is 2. The molecule has 6 heteroatoms. The number of fused-ring (bicyclic) bond motifs is 1. The largest absolute Gasteiger partial charge is 0.472 e. The van der Waals surface area contributed by atoms with E-state index in [-0.39, 0.29) is 0 Å². The monoisotopic (exact) mass is 394 g/mol. The number of hydrogen-bond acceptors (Lipinski definition) is 5. The molecular formula is C18H23BrN2O3. The highest BCUT2D eigenvalue weighted by Gasteiger charge is 2.52. The van der Waals surface area contributed by atoms with E-state index in [1.54, 1.807) is 6.07 Å². The summed E-state index contributed by atoms with van der Waals surface area (Å²) < 4.78 is 5.92. The topological polar surface area (TPSA) is 60.1 Å². The second-order valence-electron chi connectivity index (χ2n) is 6.01. The van der Waals surface area contributed by atoms with Gasteiger partial charge in [-0.1, -0.05) is 35.8 Å². The fourth-order valence-electron chi connectivity index (χ4n) is 3.42. The molecule has 24 heavy (non-hydrogen) atoms. The van der Waals surface area contributed by atoms with Crippen LogP contribution in [-0.2, 0) is 5.60 Å². The van der Waals surface area contributed by atoms with Crippen molar-refractivity contribution in [1.82, 2.24) is 4.90 Å². The van der Waals surface area contributed by atoms with E-state index in [1.165, 1.54) is 12.5 Å². The van der Waals surface area contributed by atoms with Crippen molar-refractivity contribution in [3.8, 4) is 0 Å². The molecule has 1 aromatic carbocycles. The number of rotatable bonds is 6. The van der Waals surface area contributed by atoms with Crippen LogP contribution in [-0.4, -0.2) is 47.5 Å². The highest BCUT2D eigenvalue weighted by Crippen LogP contribution is 2.49. The van der Waals surface area contributed by atoms with Crippen LogP contribution in [0.25, 0.3) is 0 Å². The Morgan fingerprint density at radius 3 is 2.67 bits per heavy atom. The Morgan fingerprint density at radius 2 is 2.04 bits per heavy atom. The van der Waals surface area contributed by atoms with Crippen LogP contribution in [0.15, 0.2) is 45.7 Å². The number of benzene rings is 1. The molecule has 0 radical (unpaired) electrons. The predicted octanol–water partition coefficient (Wildman–Crippen LogP) is 2.76. The van der Waals surface area contributed by atoms with E-state index in [1.807, 2.05) is 23.1 Å². The zero-order chi connectivity index (χ0) is 17.3. The minimum Gasteiger partial charge on any atom is -0.472 e. The summed E-state index contributed by atoms with van der Waals surface area (Å²) in [7, 11) is 0. The molecule has 0 fully saturated rings. The molecule has 130 valence electrons. The highest BCUT2D eigenvalue weighted by molar-refractivity contribution is 9.10. The third-order valence-corrected chi connectivity index (χ3v) is 5.52. The first-order valence-corrected chi connectivity index (χ1v) is 9.04. The van der Waals surface area contributed by atoms with Crippen LogP contribution in [0.1, 0.15) is 25.0 Å². The van der Waals surface area contributed by atoms with Gasteiger partial charge in [0, 0.05) is 34.4 Å². The average molecular weight is 395 g/mol. The van der Waals surface area contributed by atoms with Crippen LogP contribution >= 0.6 is 15.9 Å². The Balaban J connectivity index is 2.01. The smallest absolute Gasteiger partial charge is 0.165 e. The number of anilines is 1. The molecule has 0 bridgehead atoms. The summed E-state index contributed by atoms with van der Waals surface area (Å²) in [6, 6.07) is 7.43. The molecular weight excluding hydrogens is 372 g/mol. The van der Waals surface area contributed by atoms with Crippen molar-refractivity contribution in [2.24, 2.45) is 0 Å². The molecule has 3 rings (SSSR count). The zero-order valence-corrected chi connectivity index (χ0v) is 15.5. The first-order chi connectivity index (χ1) is 11.5. The Bertz CT molecular complexity index is 688. The SMILES string of the molecule is CCN(CC)CCN1c2cccc(Br)c2C(O)(c2ccoc2)C1O. The molecule has 0 saturated carbocycles. The molecule has 2 N–H and O–H groups in total. The maximum Gasteiger partial charge on any atom is 0.165 e. The van der Waals surface area contributed by atoms with Crippen molar-refractivity contribution in [3.63, 3.8) is 0 Å². The van der Waals surface area contributed by atoms with Gasteiger partial charge in [-0.15, -0.1) is 0 Å². The summed E-state index contributed by atoms with van der Waals surface area (Å²) >= 11 is 3.53. The first kappa shape index (κ1) is 17.5. The maximum atomic E-state index is 11.4. The van der Waals surface area contributed by atoms with Crippen molar-refractivity contribution in [3.05, 3.63) is 52.4 Å². The van der Waals surface area contributed by atoms with Crippen LogP contribution in [0.3, 0.4) is 0 Å². The van der Waals surface area contributed by atoms with Gasteiger partial charge in [-0.05, 0) is 31.3 Å². The van der Waals surface area contributed by atoms with Gasteiger partial charge in [0.15, 0.2) is 11.8 Å². The van der Waals surface area contributed by atoms with Gasteiger partial charge in [0.1, 0.15) is 0 Å². The number of aliphatic hydroxyl groups is 2. The van der Waals surface area contributed by atoms with E-state index < -0.39 is 11.8 Å². The van der Waals surface area contributed by atoms with E-state index in [0.717, 1.165) is 29.8 Å². The second-order valence-corrected chi connectivity index (χ2v) is 6.86. The first-order valence-electron chi connectivity index (χ1n) is 8.25. The van der Waals surface area contributed by atoms with E-state index in [2.05, 4.69) is 34.7 Å². The van der Waals surface area contributed by atoms with Crippen molar-refractivity contribution in [1.29, 1.82) is 0 Å². The van der Waals surface area contributed by atoms with E-state index in [4.69, 9.17) is 4.42 Å². The van der Waals surface area contributed by atoms with Crippen molar-refractivity contribution in [2.75, 3.05) is 31.1 Å². The maximum absolute atomic E-state index is 11.4. The number of aliphatic hydroxyl groups excluding tert-OH is 1. The Kier molecular flexibility index (Phi) is 5.01. The minimum atomic E-state index is -1.52. The molecule has 0 spiro atoms. The fraction of sp³-hybridized carbons (Fsp3) is 0.444. The van der Waals surface area contributed by atoms with Gasteiger partial charge >= 0.3 is 0 Å². The number of halogens is 1. The van der Waals surface area contributed by atoms with Crippen LogP contribution < -0.4 is 4.90 Å². The van der Waals surface area contributed by atoms with Gasteiger partial charge in [0.05, 0.1) is 12.5 Å². The molecule has 2 aromatic rings. The van der Waals surface area contributed by atoms with Crippen molar-refractivity contribution in [2.45, 2.75) is 25.7 Å². The summed E-state index contributed by atoms with van der Waals surface area (Å²) in [6.45, 7) is 7.60. The van der Waals surface area contributed by atoms with Gasteiger partial charge < -0.3 is 24.4 Å². The third kappa shape index (κ3) is 2.67. The molecule has 0 amide bonds. The molecule has 1 aliphatic heterocycles. The molecule has 2 unspecified atom stereocenters. The average Bonchev–Trinajstić information content (AvgIpc) is 3.18. The molecule has 2 atom stereocenters. The summed E-state index contributed by atoms with van der Waals surface area (Å²) in [5, 5.41) is 22.4. The Morgan fingerprint density at radius 1 is 1.29 bits per heavy atom. The lowest BCUT2D eigenvalue weighted by Crippen LogP contribution is -2.47. The molecule has 0 aliphatic carbocycles. The van der Waals surface area contributed by atoms with Gasteiger partial charge in [0.25, 0.3) is 0 Å². The van der Waals surface area contributed by atoms with Crippen molar-refractivity contribution >= 4 is 21.6 Å². The summed E-state index contributed by atoms with van der Waals surface area (Å²) in [5.74, 6) is 0. The van der Waals surface area contributed by atoms with Gasteiger partial charge in [-0.2, -0.15) is 0 Å². The number of hydrogen-bond donors (Lipinski definition) is 2. The van der Waals surface area contributed by atoms with Gasteiger partial charge in [-0.25, -0.2) is 0 Å². The lowest BCUT2D eigenvalue weighted by atomic mass is 9.89. The van der Waals surface area contributed by atoms with E-state index in [9.17, 15) is 10.2 Å². The van der Waals surface area contributed by atoms with Crippen LogP contribution in [0.2, 0.25) is 0 Å². The minimum absolute atomic E-state index is 0.550. The van der Waals surface area contributed by atoms with Crippen LogP contribution in [0.5, 0.6) is 0 Å². The zero-order valence-electron chi connectivity index (χ0n) is 13.9. The summed E-state index contributed by atoms with van der Waals surface area (Å²) in [5.41, 5.74) is 0.547. The van der Waals surface area contributed by atoms with Gasteiger partial charge in [0.2, 0.25) is 0 Å². The molecule has 1 aromatic heterocycles. The number of furan rings is 1. The molecule has 2 heterocycles. The molecule has 1 aliphatic rings. The summed E-state index contributed by atoms with van der Waals surface area (Å²) in [6.07, 6.45) is 1.93. The standard InChI is InChI=1S/C18H23BrN2O3/c1-3-20(4-2)9-10-21-15-7-5-6-14(19)16(15)18(23,17(21)22)13-8-11-24-12-13/h5-8,11-12,17,22-23H,3-4,9-10H2,1-2H3. The van der Waals surface area contributed by atoms with Crippen LogP contribution in [0, 0.1) is 0 Å². The lowest BCUT2D eigenvalue weighted by Gasteiger charge is -2.32. The quantitative estimate of drug-likeness (QED) is 0.788. The van der Waals surface area contributed by atoms with E-state index in [0.29, 0.717) is 17.7 Å². The number of likely N-dealkylation sites (N-methyl/N-ethyl adjacent to an activating group) is 1. The summed E-state index contributed by atoms with van der Waals surface area (Å²) in [4.78, 5) is 4.16. The third-order valence-electron chi connectivity index (χ3n) is 4.86. The molecule has 0 saturated heterocycles. The normalized spacial score (nSPS) is 23.1. The Labute approximate surface area is 150 Å². The van der Waals surface area contributed by atoms with E-state index >= 15 is 0 Å². The van der Waals surface area contributed by atoms with Crippen molar-refractivity contribution < 1.29 is 14.6 Å². The van der Waals surface area contributed by atoms with Gasteiger partial charge in [-0.3, -0.25) is 0 Å².